The van der Waals surface area contributed by atoms with Crippen LogP contribution >= 0.6 is 0 Å². The first-order valence-corrected chi connectivity index (χ1v) is 6.02. The monoisotopic (exact) mass is 260 g/mol. The van der Waals surface area contributed by atoms with E-state index in [0.717, 1.165) is 5.56 Å². The minimum absolute atomic E-state index is 0.153. The lowest BCUT2D eigenvalue weighted by atomic mass is 9.88. The summed E-state index contributed by atoms with van der Waals surface area (Å²) in [6.45, 7) is 1.81. The van der Waals surface area contributed by atoms with E-state index in [-0.39, 0.29) is 6.61 Å². The molecule has 19 heavy (non-hydrogen) atoms. The van der Waals surface area contributed by atoms with Gasteiger partial charge in [-0.2, -0.15) is 0 Å². The van der Waals surface area contributed by atoms with Gasteiger partial charge in [0, 0.05) is 0 Å². The van der Waals surface area contributed by atoms with Crippen molar-refractivity contribution in [3.63, 3.8) is 0 Å². The van der Waals surface area contributed by atoms with Crippen molar-refractivity contribution in [1.29, 1.82) is 0 Å². The van der Waals surface area contributed by atoms with Gasteiger partial charge < -0.3 is 14.9 Å². The highest BCUT2D eigenvalue weighted by Gasteiger charge is 2.44. The van der Waals surface area contributed by atoms with Gasteiger partial charge in [0.2, 0.25) is 5.79 Å². The van der Waals surface area contributed by atoms with Crippen LogP contribution in [-0.4, -0.2) is 22.0 Å². The van der Waals surface area contributed by atoms with Gasteiger partial charge in [-0.15, -0.1) is 0 Å². The Bertz CT molecular complexity index is 518. The Morgan fingerprint density at radius 3 is 2.68 bits per heavy atom. The molecule has 0 spiro atoms. The first kappa shape index (κ1) is 13.5. The fraction of sp³-hybridized carbons (Fsp3) is 0.267. The van der Waals surface area contributed by atoms with Crippen molar-refractivity contribution in [1.82, 2.24) is 0 Å². The van der Waals surface area contributed by atoms with Crippen LogP contribution < -0.4 is 0 Å². The third-order valence-electron chi connectivity index (χ3n) is 3.20. The molecule has 0 amide bonds. The fourth-order valence-electron chi connectivity index (χ4n) is 2.03. The Labute approximate surface area is 111 Å². The molecule has 0 saturated carbocycles. The second kappa shape index (κ2) is 5.38. The van der Waals surface area contributed by atoms with E-state index in [1.165, 1.54) is 6.08 Å². The van der Waals surface area contributed by atoms with E-state index in [0.29, 0.717) is 5.57 Å². The summed E-state index contributed by atoms with van der Waals surface area (Å²) in [7, 11) is 0. The molecule has 0 heterocycles. The molecule has 0 aliphatic heterocycles. The van der Waals surface area contributed by atoms with E-state index in [9.17, 15) is 15.0 Å². The summed E-state index contributed by atoms with van der Waals surface area (Å²) in [5.41, 5.74) is 1.36. The summed E-state index contributed by atoms with van der Waals surface area (Å²) in [5.74, 6) is -4.00. The minimum Gasteiger partial charge on any atom is -0.481 e. The van der Waals surface area contributed by atoms with Crippen molar-refractivity contribution in [3.05, 3.63) is 59.7 Å². The van der Waals surface area contributed by atoms with Crippen LogP contribution in [-0.2, 0) is 16.1 Å². The Kier molecular flexibility index (Phi) is 3.83. The molecule has 1 aliphatic rings. The molecule has 1 aromatic carbocycles. The maximum atomic E-state index is 11.2. The Morgan fingerprint density at radius 1 is 1.37 bits per heavy atom. The smallest absolute Gasteiger partial charge is 0.316 e. The lowest BCUT2D eigenvalue weighted by Crippen LogP contribution is -2.46. The molecule has 2 rings (SSSR count). The van der Waals surface area contributed by atoms with Crippen molar-refractivity contribution >= 4 is 5.97 Å². The van der Waals surface area contributed by atoms with Gasteiger partial charge in [0.25, 0.3) is 0 Å². The Balaban J connectivity index is 2.17. The summed E-state index contributed by atoms with van der Waals surface area (Å²) in [5, 5.41) is 19.7. The fourth-order valence-corrected chi connectivity index (χ4v) is 2.03. The average Bonchev–Trinajstić information content (AvgIpc) is 2.41. The quantitative estimate of drug-likeness (QED) is 0.814. The molecule has 0 radical (unpaired) electrons. The highest BCUT2D eigenvalue weighted by atomic mass is 16.6. The number of rotatable bonds is 4. The number of carboxylic acids is 1. The topological polar surface area (TPSA) is 66.8 Å². The van der Waals surface area contributed by atoms with Crippen LogP contribution in [0.5, 0.6) is 0 Å². The number of aliphatic carboxylic acids is 1. The van der Waals surface area contributed by atoms with E-state index in [4.69, 9.17) is 4.74 Å². The van der Waals surface area contributed by atoms with Crippen molar-refractivity contribution < 1.29 is 19.7 Å². The normalized spacial score (nSPS) is 26.0. The van der Waals surface area contributed by atoms with E-state index < -0.39 is 17.7 Å². The molecule has 100 valence electrons. The summed E-state index contributed by atoms with van der Waals surface area (Å²) in [4.78, 5) is 11.2. The number of benzene rings is 1. The SMILES string of the molecule is CC1=CC=CC(C(=O)O)C1(O)OCc1ccccc1. The summed E-state index contributed by atoms with van der Waals surface area (Å²) in [6, 6.07) is 9.32. The second-order valence-electron chi connectivity index (χ2n) is 4.52. The standard InChI is InChI=1S/C15H16O4/c1-11-6-5-9-13(14(16)17)15(11,18)19-10-12-7-3-2-4-8-12/h2-9,13,18H,10H2,1H3,(H,16,17). The molecule has 1 aliphatic carbocycles. The van der Waals surface area contributed by atoms with Crippen LogP contribution in [0.4, 0.5) is 0 Å². The average molecular weight is 260 g/mol. The van der Waals surface area contributed by atoms with Crippen molar-refractivity contribution in [2.75, 3.05) is 0 Å². The van der Waals surface area contributed by atoms with Gasteiger partial charge in [-0.25, -0.2) is 0 Å². The van der Waals surface area contributed by atoms with Crippen LogP contribution in [0.25, 0.3) is 0 Å². The predicted octanol–water partition coefficient (Wildman–Crippen LogP) is 2.11. The highest BCUT2D eigenvalue weighted by Crippen LogP contribution is 2.33. The van der Waals surface area contributed by atoms with Crippen molar-refractivity contribution in [3.8, 4) is 0 Å². The van der Waals surface area contributed by atoms with Crippen LogP contribution in [0.15, 0.2) is 54.1 Å². The molecular formula is C15H16O4. The molecule has 4 heteroatoms. The molecule has 4 nitrogen and oxygen atoms in total. The molecule has 2 N–H and O–H groups in total. The van der Waals surface area contributed by atoms with Crippen LogP contribution in [0.1, 0.15) is 12.5 Å². The van der Waals surface area contributed by atoms with Crippen molar-refractivity contribution in [2.45, 2.75) is 19.3 Å². The van der Waals surface area contributed by atoms with Gasteiger partial charge in [-0.05, 0) is 18.1 Å². The van der Waals surface area contributed by atoms with E-state index in [1.807, 2.05) is 30.3 Å². The number of allylic oxidation sites excluding steroid dienone is 2. The van der Waals surface area contributed by atoms with Gasteiger partial charge in [0.05, 0.1) is 6.61 Å². The summed E-state index contributed by atoms with van der Waals surface area (Å²) < 4.78 is 5.50. The molecular weight excluding hydrogens is 244 g/mol. The number of aliphatic hydroxyl groups is 1. The zero-order valence-electron chi connectivity index (χ0n) is 10.6. The lowest BCUT2D eigenvalue weighted by Gasteiger charge is -2.34. The number of carbonyl (C=O) groups is 1. The Morgan fingerprint density at radius 2 is 2.05 bits per heavy atom. The van der Waals surface area contributed by atoms with Crippen LogP contribution in [0.3, 0.4) is 0 Å². The first-order chi connectivity index (χ1) is 9.04. The van der Waals surface area contributed by atoms with Gasteiger partial charge in [0.1, 0.15) is 5.92 Å². The summed E-state index contributed by atoms with van der Waals surface area (Å²) in [6.07, 6.45) is 4.71. The van der Waals surface area contributed by atoms with E-state index in [2.05, 4.69) is 0 Å². The third kappa shape index (κ3) is 2.75. The molecule has 0 aromatic heterocycles. The van der Waals surface area contributed by atoms with Gasteiger partial charge in [-0.3, -0.25) is 4.79 Å². The molecule has 0 saturated heterocycles. The van der Waals surface area contributed by atoms with E-state index in [1.54, 1.807) is 19.1 Å². The molecule has 0 bridgehead atoms. The molecule has 1 aromatic rings. The zero-order valence-corrected chi connectivity index (χ0v) is 10.6. The first-order valence-electron chi connectivity index (χ1n) is 6.02. The van der Waals surface area contributed by atoms with Crippen LogP contribution in [0, 0.1) is 5.92 Å². The highest BCUT2D eigenvalue weighted by molar-refractivity contribution is 5.75. The maximum absolute atomic E-state index is 11.2. The largest absolute Gasteiger partial charge is 0.481 e. The van der Waals surface area contributed by atoms with Gasteiger partial charge in [0.15, 0.2) is 0 Å². The van der Waals surface area contributed by atoms with E-state index >= 15 is 0 Å². The van der Waals surface area contributed by atoms with Gasteiger partial charge >= 0.3 is 5.97 Å². The van der Waals surface area contributed by atoms with Crippen LogP contribution in [0.2, 0.25) is 0 Å². The second-order valence-corrected chi connectivity index (χ2v) is 4.52. The lowest BCUT2D eigenvalue weighted by molar-refractivity contribution is -0.214. The van der Waals surface area contributed by atoms with Crippen molar-refractivity contribution in [2.24, 2.45) is 5.92 Å². The van der Waals surface area contributed by atoms with Gasteiger partial charge in [-0.1, -0.05) is 48.6 Å². The summed E-state index contributed by atoms with van der Waals surface area (Å²) >= 11 is 0. The third-order valence-corrected chi connectivity index (χ3v) is 3.20. The number of hydrogen-bond acceptors (Lipinski definition) is 3. The molecule has 0 fully saturated rings. The predicted molar refractivity (Wildman–Crippen MR) is 70.2 cm³/mol. The maximum Gasteiger partial charge on any atom is 0.316 e. The Hall–Kier alpha value is -1.91. The number of ether oxygens (including phenoxy) is 1. The molecule has 2 unspecified atom stereocenters. The zero-order chi connectivity index (χ0) is 13.9. The number of carboxylic acid groups (broad SMARTS) is 1. The minimum atomic E-state index is -1.80. The molecule has 2 atom stereocenters. The number of hydrogen-bond donors (Lipinski definition) is 2.